The zero-order valence-corrected chi connectivity index (χ0v) is 9.07. The molecule has 0 aliphatic heterocycles. The smallest absolute Gasteiger partial charge is 0.127 e. The largest absolute Gasteiger partial charge is 0.378 e. The molecule has 0 unspecified atom stereocenters. The molecule has 0 saturated heterocycles. The first-order valence-corrected chi connectivity index (χ1v) is 5.02. The Kier molecular flexibility index (Phi) is 2.72. The predicted octanol–water partition coefficient (Wildman–Crippen LogP) is 2.34. The number of hydrogen-bond acceptors (Lipinski definition) is 2. The molecule has 0 atom stereocenters. The number of benzene rings is 1. The summed E-state index contributed by atoms with van der Waals surface area (Å²) in [6.45, 7) is 2.85. The van der Waals surface area contributed by atoms with Gasteiger partial charge in [-0.1, -0.05) is 12.1 Å². The van der Waals surface area contributed by atoms with Gasteiger partial charge in [0, 0.05) is 25.1 Å². The van der Waals surface area contributed by atoms with Crippen molar-refractivity contribution in [3.63, 3.8) is 0 Å². The van der Waals surface area contributed by atoms with Crippen LogP contribution in [0.5, 0.6) is 0 Å². The van der Waals surface area contributed by atoms with Gasteiger partial charge in [0.1, 0.15) is 5.82 Å². The van der Waals surface area contributed by atoms with Gasteiger partial charge in [-0.3, -0.25) is 0 Å². The fourth-order valence-electron chi connectivity index (χ4n) is 1.50. The minimum atomic E-state index is 0.757. The zero-order valence-electron chi connectivity index (χ0n) is 9.07. The van der Waals surface area contributed by atoms with Gasteiger partial charge in [-0.15, -0.1) is 0 Å². The van der Waals surface area contributed by atoms with E-state index in [-0.39, 0.29) is 0 Å². The van der Waals surface area contributed by atoms with Gasteiger partial charge in [0.25, 0.3) is 0 Å². The van der Waals surface area contributed by atoms with Crippen molar-refractivity contribution in [1.82, 2.24) is 9.55 Å². The molecule has 0 spiro atoms. The first-order chi connectivity index (χ1) is 7.25. The van der Waals surface area contributed by atoms with E-state index in [1.54, 1.807) is 0 Å². The molecule has 3 heteroatoms. The van der Waals surface area contributed by atoms with E-state index in [4.69, 9.17) is 0 Å². The van der Waals surface area contributed by atoms with Crippen molar-refractivity contribution in [1.29, 1.82) is 0 Å². The van der Waals surface area contributed by atoms with Crippen LogP contribution in [-0.2, 0) is 13.6 Å². The maximum atomic E-state index is 4.25. The molecule has 2 aromatic rings. The van der Waals surface area contributed by atoms with E-state index in [2.05, 4.69) is 41.5 Å². The standard InChI is InChI=1S/C12H15N3/c1-10-4-3-5-11(8-10)14-9-12-13-6-7-15(12)2/h3-8,14H,9H2,1-2H3. The number of anilines is 1. The number of imidazole rings is 1. The van der Waals surface area contributed by atoms with Crippen molar-refractivity contribution in [2.24, 2.45) is 7.05 Å². The van der Waals surface area contributed by atoms with Crippen LogP contribution in [0.4, 0.5) is 5.69 Å². The van der Waals surface area contributed by atoms with Gasteiger partial charge < -0.3 is 9.88 Å². The van der Waals surface area contributed by atoms with Crippen LogP contribution in [0, 0.1) is 6.92 Å². The lowest BCUT2D eigenvalue weighted by Gasteiger charge is -2.06. The van der Waals surface area contributed by atoms with Gasteiger partial charge in [-0.2, -0.15) is 0 Å². The molecular formula is C12H15N3. The first-order valence-electron chi connectivity index (χ1n) is 5.02. The van der Waals surface area contributed by atoms with Crippen molar-refractivity contribution in [3.05, 3.63) is 48.0 Å². The van der Waals surface area contributed by atoms with Crippen LogP contribution in [0.1, 0.15) is 11.4 Å². The normalized spacial score (nSPS) is 10.3. The Labute approximate surface area is 89.8 Å². The van der Waals surface area contributed by atoms with Crippen LogP contribution in [0.3, 0.4) is 0 Å². The number of aryl methyl sites for hydroxylation is 2. The molecule has 0 aliphatic carbocycles. The van der Waals surface area contributed by atoms with Crippen LogP contribution >= 0.6 is 0 Å². The maximum Gasteiger partial charge on any atom is 0.127 e. The Morgan fingerprint density at radius 1 is 1.40 bits per heavy atom. The lowest BCUT2D eigenvalue weighted by Crippen LogP contribution is -2.05. The summed E-state index contributed by atoms with van der Waals surface area (Å²) in [6, 6.07) is 8.33. The minimum absolute atomic E-state index is 0.757. The summed E-state index contributed by atoms with van der Waals surface area (Å²) in [6.07, 6.45) is 3.76. The molecule has 0 radical (unpaired) electrons. The lowest BCUT2D eigenvalue weighted by molar-refractivity contribution is 0.813. The average molecular weight is 201 g/mol. The summed E-state index contributed by atoms with van der Waals surface area (Å²) < 4.78 is 2.02. The van der Waals surface area contributed by atoms with E-state index < -0.39 is 0 Å². The molecule has 0 aliphatic rings. The third kappa shape index (κ3) is 2.37. The van der Waals surface area contributed by atoms with Crippen molar-refractivity contribution in [3.8, 4) is 0 Å². The summed E-state index contributed by atoms with van der Waals surface area (Å²) >= 11 is 0. The molecule has 15 heavy (non-hydrogen) atoms. The van der Waals surface area contributed by atoms with E-state index in [0.717, 1.165) is 18.1 Å². The number of nitrogens with zero attached hydrogens (tertiary/aromatic N) is 2. The summed E-state index contributed by atoms with van der Waals surface area (Å²) in [5.74, 6) is 1.04. The Hall–Kier alpha value is -1.77. The second kappa shape index (κ2) is 4.17. The maximum absolute atomic E-state index is 4.25. The Morgan fingerprint density at radius 2 is 2.27 bits per heavy atom. The molecule has 1 aromatic heterocycles. The zero-order chi connectivity index (χ0) is 10.7. The summed E-state index contributed by atoms with van der Waals surface area (Å²) in [5, 5.41) is 3.35. The second-order valence-electron chi connectivity index (χ2n) is 3.68. The highest BCUT2D eigenvalue weighted by Gasteiger charge is 1.98. The van der Waals surface area contributed by atoms with Gasteiger partial charge >= 0.3 is 0 Å². The van der Waals surface area contributed by atoms with Crippen molar-refractivity contribution >= 4 is 5.69 Å². The van der Waals surface area contributed by atoms with Crippen LogP contribution in [0.2, 0.25) is 0 Å². The molecule has 2 rings (SSSR count). The van der Waals surface area contributed by atoms with Gasteiger partial charge in [-0.25, -0.2) is 4.98 Å². The van der Waals surface area contributed by atoms with Crippen LogP contribution in [-0.4, -0.2) is 9.55 Å². The first kappa shape index (κ1) is 9.77. The van der Waals surface area contributed by atoms with Crippen LogP contribution < -0.4 is 5.32 Å². The molecule has 0 bridgehead atoms. The Morgan fingerprint density at radius 3 is 2.93 bits per heavy atom. The van der Waals surface area contributed by atoms with Gasteiger partial charge in [0.2, 0.25) is 0 Å². The van der Waals surface area contributed by atoms with E-state index in [1.807, 2.05) is 24.0 Å². The molecule has 1 aromatic carbocycles. The van der Waals surface area contributed by atoms with Crippen LogP contribution in [0.15, 0.2) is 36.7 Å². The third-order valence-corrected chi connectivity index (χ3v) is 2.39. The third-order valence-electron chi connectivity index (χ3n) is 2.39. The molecular weight excluding hydrogens is 186 g/mol. The van der Waals surface area contributed by atoms with Gasteiger partial charge in [0.05, 0.1) is 6.54 Å². The quantitative estimate of drug-likeness (QED) is 0.826. The van der Waals surface area contributed by atoms with Gasteiger partial charge in [0.15, 0.2) is 0 Å². The highest BCUT2D eigenvalue weighted by atomic mass is 15.1. The Balaban J connectivity index is 2.02. The average Bonchev–Trinajstić information content (AvgIpc) is 2.61. The van der Waals surface area contributed by atoms with Gasteiger partial charge in [-0.05, 0) is 24.6 Å². The number of hydrogen-bond donors (Lipinski definition) is 1. The summed E-state index contributed by atoms with van der Waals surface area (Å²) in [4.78, 5) is 4.25. The topological polar surface area (TPSA) is 29.9 Å². The van der Waals surface area contributed by atoms with Crippen molar-refractivity contribution in [2.75, 3.05) is 5.32 Å². The molecule has 0 fully saturated rings. The molecule has 0 amide bonds. The summed E-state index contributed by atoms with van der Waals surface area (Å²) in [7, 11) is 2.00. The fourth-order valence-corrected chi connectivity index (χ4v) is 1.50. The Bertz CT molecular complexity index is 446. The highest BCUT2D eigenvalue weighted by molar-refractivity contribution is 5.45. The van der Waals surface area contributed by atoms with E-state index in [1.165, 1.54) is 5.56 Å². The SMILES string of the molecule is Cc1cccc(NCc2nccn2C)c1. The molecule has 78 valence electrons. The second-order valence-corrected chi connectivity index (χ2v) is 3.68. The summed E-state index contributed by atoms with van der Waals surface area (Å²) in [5.41, 5.74) is 2.40. The monoisotopic (exact) mass is 201 g/mol. The minimum Gasteiger partial charge on any atom is -0.378 e. The molecule has 3 nitrogen and oxygen atoms in total. The predicted molar refractivity (Wildman–Crippen MR) is 61.7 cm³/mol. The van der Waals surface area contributed by atoms with E-state index >= 15 is 0 Å². The van der Waals surface area contributed by atoms with Crippen molar-refractivity contribution < 1.29 is 0 Å². The molecule has 1 heterocycles. The number of rotatable bonds is 3. The number of aromatic nitrogens is 2. The number of nitrogens with one attached hydrogen (secondary N) is 1. The fraction of sp³-hybridized carbons (Fsp3) is 0.250. The van der Waals surface area contributed by atoms with E-state index in [9.17, 15) is 0 Å². The lowest BCUT2D eigenvalue weighted by atomic mass is 10.2. The van der Waals surface area contributed by atoms with Crippen molar-refractivity contribution in [2.45, 2.75) is 13.5 Å². The van der Waals surface area contributed by atoms with Crippen LogP contribution in [0.25, 0.3) is 0 Å². The highest BCUT2D eigenvalue weighted by Crippen LogP contribution is 2.10. The molecule has 0 saturated carbocycles. The molecule has 1 N–H and O–H groups in total. The van der Waals surface area contributed by atoms with E-state index in [0.29, 0.717) is 0 Å².